The fourth-order valence-electron chi connectivity index (χ4n) is 1.38. The summed E-state index contributed by atoms with van der Waals surface area (Å²) in [6, 6.07) is 1.96. The van der Waals surface area contributed by atoms with Crippen molar-refractivity contribution in [2.24, 2.45) is 13.0 Å². The Kier molecular flexibility index (Phi) is 5.69. The van der Waals surface area contributed by atoms with E-state index in [-0.39, 0.29) is 5.91 Å². The molecule has 1 aromatic rings. The second-order valence-corrected chi connectivity index (χ2v) is 4.61. The van der Waals surface area contributed by atoms with Crippen LogP contribution in [0.4, 0.5) is 0 Å². The zero-order valence-corrected chi connectivity index (χ0v) is 10.9. The molecular formula is C12H22N4O. The molecule has 96 valence electrons. The van der Waals surface area contributed by atoms with Crippen molar-refractivity contribution in [2.45, 2.75) is 26.8 Å². The highest BCUT2D eigenvalue weighted by atomic mass is 16.1. The lowest BCUT2D eigenvalue weighted by molar-refractivity contribution is -0.121. The van der Waals surface area contributed by atoms with Gasteiger partial charge in [0.15, 0.2) is 0 Å². The Morgan fingerprint density at radius 1 is 1.53 bits per heavy atom. The average Bonchev–Trinajstić information content (AvgIpc) is 2.68. The van der Waals surface area contributed by atoms with E-state index < -0.39 is 0 Å². The van der Waals surface area contributed by atoms with E-state index in [0.717, 1.165) is 12.2 Å². The van der Waals surface area contributed by atoms with Crippen molar-refractivity contribution in [3.05, 3.63) is 18.0 Å². The summed E-state index contributed by atoms with van der Waals surface area (Å²) < 4.78 is 1.77. The van der Waals surface area contributed by atoms with Gasteiger partial charge in [0, 0.05) is 39.3 Å². The van der Waals surface area contributed by atoms with Gasteiger partial charge in [-0.2, -0.15) is 5.10 Å². The predicted octanol–water partition coefficient (Wildman–Crippen LogP) is 0.672. The minimum atomic E-state index is 0.104. The van der Waals surface area contributed by atoms with Crippen LogP contribution in [-0.4, -0.2) is 28.8 Å². The lowest BCUT2D eigenvalue weighted by Crippen LogP contribution is -2.30. The molecule has 0 saturated heterocycles. The zero-order valence-electron chi connectivity index (χ0n) is 10.9. The van der Waals surface area contributed by atoms with Gasteiger partial charge in [-0.25, -0.2) is 0 Å². The average molecular weight is 238 g/mol. The van der Waals surface area contributed by atoms with Gasteiger partial charge >= 0.3 is 0 Å². The molecule has 2 N–H and O–H groups in total. The van der Waals surface area contributed by atoms with Gasteiger partial charge in [-0.05, 0) is 12.0 Å². The van der Waals surface area contributed by atoms with E-state index in [4.69, 9.17) is 0 Å². The van der Waals surface area contributed by atoms with Crippen LogP contribution < -0.4 is 10.6 Å². The number of amides is 1. The van der Waals surface area contributed by atoms with Crippen LogP contribution in [0.15, 0.2) is 12.3 Å². The van der Waals surface area contributed by atoms with Crippen LogP contribution in [0.25, 0.3) is 0 Å². The van der Waals surface area contributed by atoms with Crippen LogP contribution in [-0.2, 0) is 18.4 Å². The highest BCUT2D eigenvalue weighted by Crippen LogP contribution is 1.93. The third kappa shape index (κ3) is 6.06. The predicted molar refractivity (Wildman–Crippen MR) is 67.4 cm³/mol. The first kappa shape index (κ1) is 13.7. The van der Waals surface area contributed by atoms with Crippen molar-refractivity contribution >= 4 is 5.91 Å². The van der Waals surface area contributed by atoms with Crippen LogP contribution >= 0.6 is 0 Å². The number of nitrogens with zero attached hydrogens (tertiary/aromatic N) is 2. The molecule has 0 bridgehead atoms. The van der Waals surface area contributed by atoms with Crippen LogP contribution in [0.2, 0.25) is 0 Å². The SMILES string of the molecule is CC(C)CNC(=O)CCNCc1ccn(C)n1. The number of nitrogens with one attached hydrogen (secondary N) is 2. The molecular weight excluding hydrogens is 216 g/mol. The van der Waals surface area contributed by atoms with E-state index in [1.807, 2.05) is 19.3 Å². The molecule has 0 saturated carbocycles. The van der Waals surface area contributed by atoms with E-state index in [1.165, 1.54) is 0 Å². The van der Waals surface area contributed by atoms with Gasteiger partial charge < -0.3 is 10.6 Å². The summed E-state index contributed by atoms with van der Waals surface area (Å²) in [5.74, 6) is 0.604. The van der Waals surface area contributed by atoms with Gasteiger partial charge in [0.1, 0.15) is 0 Å². The summed E-state index contributed by atoms with van der Waals surface area (Å²) in [5, 5.41) is 10.3. The number of aryl methyl sites for hydroxylation is 1. The first-order valence-electron chi connectivity index (χ1n) is 6.04. The number of hydrogen-bond donors (Lipinski definition) is 2. The number of aromatic nitrogens is 2. The fraction of sp³-hybridized carbons (Fsp3) is 0.667. The molecule has 0 atom stereocenters. The van der Waals surface area contributed by atoms with Crippen LogP contribution in [0, 0.1) is 5.92 Å². The quantitative estimate of drug-likeness (QED) is 0.687. The molecule has 17 heavy (non-hydrogen) atoms. The first-order valence-corrected chi connectivity index (χ1v) is 6.04. The molecule has 1 aromatic heterocycles. The van der Waals surface area contributed by atoms with E-state index in [1.54, 1.807) is 4.68 Å². The van der Waals surface area contributed by atoms with Crippen molar-refractivity contribution in [2.75, 3.05) is 13.1 Å². The van der Waals surface area contributed by atoms with Gasteiger partial charge in [0.25, 0.3) is 0 Å². The second kappa shape index (κ2) is 7.06. The van der Waals surface area contributed by atoms with Crippen molar-refractivity contribution in [3.63, 3.8) is 0 Å². The summed E-state index contributed by atoms with van der Waals surface area (Å²) in [7, 11) is 1.89. The molecule has 0 spiro atoms. The molecule has 5 nitrogen and oxygen atoms in total. The summed E-state index contributed by atoms with van der Waals surface area (Å²) in [4.78, 5) is 11.4. The summed E-state index contributed by atoms with van der Waals surface area (Å²) in [6.07, 6.45) is 2.42. The van der Waals surface area contributed by atoms with Gasteiger partial charge in [-0.3, -0.25) is 9.48 Å². The Morgan fingerprint density at radius 3 is 2.88 bits per heavy atom. The maximum atomic E-state index is 11.4. The van der Waals surface area contributed by atoms with E-state index >= 15 is 0 Å². The van der Waals surface area contributed by atoms with Gasteiger partial charge in [0.2, 0.25) is 5.91 Å². The van der Waals surface area contributed by atoms with Gasteiger partial charge in [0.05, 0.1) is 5.69 Å². The van der Waals surface area contributed by atoms with Crippen LogP contribution in [0.5, 0.6) is 0 Å². The van der Waals surface area contributed by atoms with E-state index in [9.17, 15) is 4.79 Å². The van der Waals surface area contributed by atoms with E-state index in [0.29, 0.717) is 25.4 Å². The Labute approximate surface area is 103 Å². The third-order valence-electron chi connectivity index (χ3n) is 2.31. The minimum Gasteiger partial charge on any atom is -0.356 e. The van der Waals surface area contributed by atoms with Crippen molar-refractivity contribution in [3.8, 4) is 0 Å². The monoisotopic (exact) mass is 238 g/mol. The summed E-state index contributed by atoms with van der Waals surface area (Å²) in [6.45, 7) is 6.30. The molecule has 0 fully saturated rings. The molecule has 1 rings (SSSR count). The second-order valence-electron chi connectivity index (χ2n) is 4.61. The molecule has 1 amide bonds. The smallest absolute Gasteiger partial charge is 0.221 e. The first-order chi connectivity index (χ1) is 8.08. The lowest BCUT2D eigenvalue weighted by Gasteiger charge is -2.07. The maximum Gasteiger partial charge on any atom is 0.221 e. The van der Waals surface area contributed by atoms with Crippen LogP contribution in [0.1, 0.15) is 26.0 Å². The molecule has 0 unspecified atom stereocenters. The Morgan fingerprint density at radius 2 is 2.29 bits per heavy atom. The van der Waals surface area contributed by atoms with E-state index in [2.05, 4.69) is 29.6 Å². The Balaban J connectivity index is 2.06. The topological polar surface area (TPSA) is 59.0 Å². The van der Waals surface area contributed by atoms with Crippen molar-refractivity contribution in [1.82, 2.24) is 20.4 Å². The largest absolute Gasteiger partial charge is 0.356 e. The standard InChI is InChI=1S/C12H22N4O/c1-10(2)8-14-12(17)4-6-13-9-11-5-7-16(3)15-11/h5,7,10,13H,4,6,8-9H2,1-3H3,(H,14,17). The highest BCUT2D eigenvalue weighted by Gasteiger charge is 2.02. The molecule has 5 heteroatoms. The zero-order chi connectivity index (χ0) is 12.7. The van der Waals surface area contributed by atoms with Gasteiger partial charge in [-0.15, -0.1) is 0 Å². The van der Waals surface area contributed by atoms with Crippen LogP contribution in [0.3, 0.4) is 0 Å². The number of rotatable bonds is 7. The molecule has 1 heterocycles. The molecule has 0 aliphatic rings. The maximum absolute atomic E-state index is 11.4. The van der Waals surface area contributed by atoms with Crippen molar-refractivity contribution in [1.29, 1.82) is 0 Å². The number of hydrogen-bond acceptors (Lipinski definition) is 3. The molecule has 0 radical (unpaired) electrons. The summed E-state index contributed by atoms with van der Waals surface area (Å²) in [5.41, 5.74) is 0.995. The fourth-order valence-corrected chi connectivity index (χ4v) is 1.38. The summed E-state index contributed by atoms with van der Waals surface area (Å²) >= 11 is 0. The Hall–Kier alpha value is -1.36. The van der Waals surface area contributed by atoms with Crippen molar-refractivity contribution < 1.29 is 4.79 Å². The lowest BCUT2D eigenvalue weighted by atomic mass is 10.2. The third-order valence-corrected chi connectivity index (χ3v) is 2.31. The normalized spacial score (nSPS) is 10.8. The molecule has 0 aromatic carbocycles. The molecule has 0 aliphatic heterocycles. The minimum absolute atomic E-state index is 0.104. The number of carbonyl (C=O) groups excluding carboxylic acids is 1. The number of carbonyl (C=O) groups is 1. The Bertz CT molecular complexity index is 346. The highest BCUT2D eigenvalue weighted by molar-refractivity contribution is 5.76. The molecule has 0 aliphatic carbocycles. The van der Waals surface area contributed by atoms with Gasteiger partial charge in [-0.1, -0.05) is 13.8 Å².